The van der Waals surface area contributed by atoms with Crippen molar-refractivity contribution >= 4 is 16.1 Å². The fourth-order valence-electron chi connectivity index (χ4n) is 1.50. The zero-order valence-electron chi connectivity index (χ0n) is 10.7. The van der Waals surface area contributed by atoms with Gasteiger partial charge in [0.1, 0.15) is 15.0 Å². The van der Waals surface area contributed by atoms with E-state index in [0.717, 1.165) is 6.92 Å². The summed E-state index contributed by atoms with van der Waals surface area (Å²) in [6.45, 7) is 4.71. The largest absolute Gasteiger partial charge is 0.744 e. The number of hydrogen-bond donors (Lipinski definition) is 0. The summed E-state index contributed by atoms with van der Waals surface area (Å²) in [4.78, 5) is 9.00. The molecule has 0 aromatic carbocycles. The van der Waals surface area contributed by atoms with E-state index in [0.29, 0.717) is 6.92 Å². The Hall–Kier alpha value is -1.68. The molecule has 1 aliphatic rings. The summed E-state index contributed by atoms with van der Waals surface area (Å²) in [7, 11) is -5.80. The highest BCUT2D eigenvalue weighted by atomic mass is 32.2. The molecule has 0 radical (unpaired) electrons. The number of ether oxygens (including phenoxy) is 1. The quantitative estimate of drug-likeness (QED) is 0.343. The number of allylic oxidation sites excluding steroid dienone is 1. The van der Waals surface area contributed by atoms with E-state index >= 15 is 0 Å². The molecule has 0 aromatic rings. The SMILES string of the molecule is C=C(C)C(=O)OC1(C)C(F)=C(F)C(S(=O)(=O)[O-])=C(F)C1F. The molecule has 10 heteroatoms. The third-order valence-electron chi connectivity index (χ3n) is 2.65. The first-order valence-corrected chi connectivity index (χ1v) is 6.69. The Bertz CT molecular complexity index is 679. The van der Waals surface area contributed by atoms with E-state index in [1.807, 2.05) is 0 Å². The Morgan fingerprint density at radius 1 is 1.38 bits per heavy atom. The molecular formula is C11H9F4O5S-. The second-order valence-corrected chi connectivity index (χ2v) is 5.72. The number of halogens is 4. The molecule has 0 aliphatic heterocycles. The molecule has 1 rings (SSSR count). The van der Waals surface area contributed by atoms with Crippen LogP contribution in [0.4, 0.5) is 17.6 Å². The molecule has 5 nitrogen and oxygen atoms in total. The lowest BCUT2D eigenvalue weighted by Crippen LogP contribution is -2.46. The van der Waals surface area contributed by atoms with Crippen LogP contribution in [0.15, 0.2) is 34.5 Å². The summed E-state index contributed by atoms with van der Waals surface area (Å²) in [5.41, 5.74) is -3.40. The van der Waals surface area contributed by atoms with Gasteiger partial charge in [0.2, 0.25) is 5.60 Å². The second kappa shape index (κ2) is 5.26. The van der Waals surface area contributed by atoms with Gasteiger partial charge < -0.3 is 9.29 Å². The third kappa shape index (κ3) is 2.86. The number of carbonyl (C=O) groups is 1. The molecule has 0 amide bonds. The van der Waals surface area contributed by atoms with Crippen molar-refractivity contribution in [2.75, 3.05) is 0 Å². The zero-order chi connectivity index (χ0) is 16.7. The highest BCUT2D eigenvalue weighted by molar-refractivity contribution is 7.90. The van der Waals surface area contributed by atoms with Crippen molar-refractivity contribution in [2.45, 2.75) is 25.6 Å². The molecule has 0 fully saturated rings. The number of hydrogen-bond acceptors (Lipinski definition) is 5. The number of carbonyl (C=O) groups excluding carboxylic acids is 1. The number of alkyl halides is 1. The third-order valence-corrected chi connectivity index (χ3v) is 3.53. The van der Waals surface area contributed by atoms with Crippen molar-refractivity contribution in [3.05, 3.63) is 34.5 Å². The van der Waals surface area contributed by atoms with Crippen LogP contribution in [-0.2, 0) is 19.6 Å². The molecule has 2 unspecified atom stereocenters. The monoisotopic (exact) mass is 329 g/mol. The van der Waals surface area contributed by atoms with Gasteiger partial charge in [0.05, 0.1) is 0 Å². The molecular weight excluding hydrogens is 320 g/mol. The summed E-state index contributed by atoms with van der Waals surface area (Å²) in [5.74, 6) is -8.39. The summed E-state index contributed by atoms with van der Waals surface area (Å²) < 4.78 is 91.1. The van der Waals surface area contributed by atoms with Crippen LogP contribution in [0.5, 0.6) is 0 Å². The van der Waals surface area contributed by atoms with Gasteiger partial charge in [-0.05, 0) is 13.8 Å². The molecule has 0 spiro atoms. The lowest BCUT2D eigenvalue weighted by Gasteiger charge is -2.34. The molecule has 0 saturated carbocycles. The highest BCUT2D eigenvalue weighted by Gasteiger charge is 2.53. The molecule has 118 valence electrons. The van der Waals surface area contributed by atoms with Gasteiger partial charge in [0.25, 0.3) is 0 Å². The highest BCUT2D eigenvalue weighted by Crippen LogP contribution is 2.45. The van der Waals surface area contributed by atoms with Crippen LogP contribution in [0.2, 0.25) is 0 Å². The van der Waals surface area contributed by atoms with E-state index in [1.54, 1.807) is 0 Å². The number of esters is 1. The van der Waals surface area contributed by atoms with Crippen LogP contribution in [0.25, 0.3) is 0 Å². The summed E-state index contributed by atoms with van der Waals surface area (Å²) >= 11 is 0. The van der Waals surface area contributed by atoms with E-state index in [9.17, 15) is 35.3 Å². The van der Waals surface area contributed by atoms with Crippen LogP contribution in [0.3, 0.4) is 0 Å². The molecule has 0 N–H and O–H groups in total. The molecule has 0 heterocycles. The molecule has 1 aliphatic carbocycles. The molecule has 21 heavy (non-hydrogen) atoms. The Balaban J connectivity index is 3.49. The first-order valence-electron chi connectivity index (χ1n) is 5.28. The average Bonchev–Trinajstić information content (AvgIpc) is 2.33. The minimum atomic E-state index is -5.80. The Morgan fingerprint density at radius 2 is 1.86 bits per heavy atom. The van der Waals surface area contributed by atoms with Crippen LogP contribution in [-0.4, -0.2) is 30.7 Å². The topological polar surface area (TPSA) is 83.5 Å². The van der Waals surface area contributed by atoms with E-state index < -0.39 is 50.2 Å². The van der Waals surface area contributed by atoms with Crippen LogP contribution in [0.1, 0.15) is 13.8 Å². The summed E-state index contributed by atoms with van der Waals surface area (Å²) in [6, 6.07) is 0. The molecule has 2 atom stereocenters. The maximum Gasteiger partial charge on any atom is 0.334 e. The van der Waals surface area contributed by atoms with Crippen molar-refractivity contribution in [1.82, 2.24) is 0 Å². The van der Waals surface area contributed by atoms with E-state index in [-0.39, 0.29) is 5.57 Å². The van der Waals surface area contributed by atoms with Crippen molar-refractivity contribution in [3.8, 4) is 0 Å². The maximum absolute atomic E-state index is 13.9. The standard InChI is InChI=1S/C11H10F4O5S/c1-4(2)10(16)20-11(3)8(14)5(12)7(21(17,18)19)6(13)9(11)15/h8H,1H2,2-3H3,(H,17,18,19)/p-1. The first-order chi connectivity index (χ1) is 9.34. The maximum atomic E-state index is 13.9. The van der Waals surface area contributed by atoms with Gasteiger partial charge in [-0.2, -0.15) is 0 Å². The van der Waals surface area contributed by atoms with Gasteiger partial charge in [-0.25, -0.2) is 30.8 Å². The predicted molar refractivity (Wildman–Crippen MR) is 61.3 cm³/mol. The van der Waals surface area contributed by atoms with Crippen molar-refractivity contribution < 1.29 is 40.1 Å². The van der Waals surface area contributed by atoms with Crippen molar-refractivity contribution in [1.29, 1.82) is 0 Å². The second-order valence-electron chi connectivity index (χ2n) is 4.40. The van der Waals surface area contributed by atoms with E-state index in [1.165, 1.54) is 0 Å². The van der Waals surface area contributed by atoms with Crippen molar-refractivity contribution in [2.24, 2.45) is 0 Å². The normalized spacial score (nSPS) is 26.9. The number of rotatable bonds is 3. The fraction of sp³-hybridized carbons (Fsp3) is 0.364. The van der Waals surface area contributed by atoms with Gasteiger partial charge in [-0.1, -0.05) is 6.58 Å². The van der Waals surface area contributed by atoms with Gasteiger partial charge >= 0.3 is 5.97 Å². The Morgan fingerprint density at radius 3 is 2.24 bits per heavy atom. The summed E-state index contributed by atoms with van der Waals surface area (Å²) in [5, 5.41) is 0. The predicted octanol–water partition coefficient (Wildman–Crippen LogP) is 2.09. The minimum absolute atomic E-state index is 0.316. The van der Waals surface area contributed by atoms with Crippen LogP contribution in [0, 0.1) is 0 Å². The molecule has 0 bridgehead atoms. The lowest BCUT2D eigenvalue weighted by atomic mass is 9.92. The smallest absolute Gasteiger partial charge is 0.334 e. The van der Waals surface area contributed by atoms with Gasteiger partial charge in [-0.15, -0.1) is 0 Å². The van der Waals surface area contributed by atoms with E-state index in [4.69, 9.17) is 0 Å². The van der Waals surface area contributed by atoms with Crippen LogP contribution < -0.4 is 0 Å². The summed E-state index contributed by atoms with van der Waals surface area (Å²) in [6.07, 6.45) is -3.21. The average molecular weight is 329 g/mol. The Labute approximate surface area is 117 Å². The first kappa shape index (κ1) is 17.4. The Kier molecular flexibility index (Phi) is 4.35. The zero-order valence-corrected chi connectivity index (χ0v) is 11.6. The molecule has 0 aromatic heterocycles. The van der Waals surface area contributed by atoms with Crippen LogP contribution >= 0.6 is 0 Å². The van der Waals surface area contributed by atoms with Gasteiger partial charge in [0.15, 0.2) is 23.7 Å². The lowest BCUT2D eigenvalue weighted by molar-refractivity contribution is -0.157. The molecule has 0 saturated heterocycles. The van der Waals surface area contributed by atoms with Crippen molar-refractivity contribution in [3.63, 3.8) is 0 Å². The van der Waals surface area contributed by atoms with E-state index in [2.05, 4.69) is 11.3 Å². The minimum Gasteiger partial charge on any atom is -0.744 e. The van der Waals surface area contributed by atoms with Gasteiger partial charge in [0, 0.05) is 5.57 Å². The fourth-order valence-corrected chi connectivity index (χ4v) is 2.15. The van der Waals surface area contributed by atoms with Gasteiger partial charge in [-0.3, -0.25) is 0 Å².